The molecule has 2 aromatic heterocycles. The maximum Gasteiger partial charge on any atom is 0.258 e. The third-order valence-electron chi connectivity index (χ3n) is 4.89. The Morgan fingerprint density at radius 1 is 1.15 bits per heavy atom. The molecule has 0 unspecified atom stereocenters. The zero-order valence-corrected chi connectivity index (χ0v) is 15.3. The van der Waals surface area contributed by atoms with Gasteiger partial charge < -0.3 is 9.64 Å². The van der Waals surface area contributed by atoms with E-state index in [0.29, 0.717) is 16.9 Å². The van der Waals surface area contributed by atoms with E-state index in [0.717, 1.165) is 25.1 Å². The topological polar surface area (TPSA) is 46.8 Å². The van der Waals surface area contributed by atoms with Gasteiger partial charge in [-0.15, -0.1) is 0 Å². The number of pyridine rings is 1. The molecule has 0 N–H and O–H groups in total. The Bertz CT molecular complexity index is 1100. The Labute approximate surface area is 156 Å². The molecule has 0 atom stereocenters. The van der Waals surface area contributed by atoms with Crippen molar-refractivity contribution in [2.24, 2.45) is 0 Å². The first kappa shape index (κ1) is 17.4. The third-order valence-corrected chi connectivity index (χ3v) is 4.89. The smallest absolute Gasteiger partial charge is 0.258 e. The lowest BCUT2D eigenvalue weighted by molar-refractivity contribution is 0.370. The van der Waals surface area contributed by atoms with Crippen LogP contribution in [0.5, 0.6) is 5.75 Å². The Morgan fingerprint density at radius 2 is 1.96 bits per heavy atom. The monoisotopic (exact) mass is 365 g/mol. The van der Waals surface area contributed by atoms with E-state index in [4.69, 9.17) is 4.74 Å². The SMILES string of the molecule is COc1ccc(-c2cc(=O)n3cc(C4=CCN(C)CC4)ccc3n2)cc1F. The van der Waals surface area contributed by atoms with E-state index in [1.54, 1.807) is 6.07 Å². The minimum atomic E-state index is -0.485. The molecule has 0 bridgehead atoms. The zero-order chi connectivity index (χ0) is 19.0. The minimum Gasteiger partial charge on any atom is -0.494 e. The van der Waals surface area contributed by atoms with Gasteiger partial charge in [0.1, 0.15) is 5.65 Å². The van der Waals surface area contributed by atoms with Crippen molar-refractivity contribution >= 4 is 11.2 Å². The van der Waals surface area contributed by atoms with Crippen LogP contribution in [0.3, 0.4) is 0 Å². The fourth-order valence-electron chi connectivity index (χ4n) is 3.30. The van der Waals surface area contributed by atoms with Gasteiger partial charge in [0.15, 0.2) is 11.6 Å². The lowest BCUT2D eigenvalue weighted by Gasteiger charge is -2.22. The number of fused-ring (bicyclic) bond motifs is 1. The number of nitrogens with zero attached hydrogens (tertiary/aromatic N) is 3. The van der Waals surface area contributed by atoms with Gasteiger partial charge in [-0.25, -0.2) is 9.37 Å². The number of rotatable bonds is 3. The van der Waals surface area contributed by atoms with Crippen LogP contribution >= 0.6 is 0 Å². The second-order valence-corrected chi connectivity index (χ2v) is 6.72. The Kier molecular flexibility index (Phi) is 4.49. The molecule has 0 radical (unpaired) electrons. The van der Waals surface area contributed by atoms with E-state index in [2.05, 4.69) is 23.0 Å². The van der Waals surface area contributed by atoms with Gasteiger partial charge in [-0.1, -0.05) is 6.08 Å². The molecule has 1 aliphatic rings. The number of benzene rings is 1. The van der Waals surface area contributed by atoms with Crippen LogP contribution in [0.25, 0.3) is 22.5 Å². The zero-order valence-electron chi connectivity index (χ0n) is 15.3. The van der Waals surface area contributed by atoms with E-state index in [9.17, 15) is 9.18 Å². The molecular formula is C21H20FN3O2. The highest BCUT2D eigenvalue weighted by Crippen LogP contribution is 2.25. The van der Waals surface area contributed by atoms with Gasteiger partial charge >= 0.3 is 0 Å². The van der Waals surface area contributed by atoms with Crippen LogP contribution in [0, 0.1) is 5.82 Å². The largest absolute Gasteiger partial charge is 0.494 e. The van der Waals surface area contributed by atoms with Gasteiger partial charge in [-0.2, -0.15) is 0 Å². The maximum atomic E-state index is 14.0. The number of methoxy groups -OCH3 is 1. The Morgan fingerprint density at radius 3 is 2.67 bits per heavy atom. The summed E-state index contributed by atoms with van der Waals surface area (Å²) in [6.45, 7) is 1.90. The van der Waals surface area contributed by atoms with Crippen molar-refractivity contribution in [2.45, 2.75) is 6.42 Å². The quantitative estimate of drug-likeness (QED) is 0.715. The van der Waals surface area contributed by atoms with E-state index in [1.807, 2.05) is 18.3 Å². The molecule has 0 fully saturated rings. The van der Waals surface area contributed by atoms with Crippen molar-refractivity contribution in [3.05, 3.63) is 70.4 Å². The lowest BCUT2D eigenvalue weighted by Crippen LogP contribution is -2.24. The average Bonchev–Trinajstić information content (AvgIpc) is 2.68. The van der Waals surface area contributed by atoms with Crippen LogP contribution in [0.15, 0.2) is 53.5 Å². The van der Waals surface area contributed by atoms with Gasteiger partial charge in [0.25, 0.3) is 5.56 Å². The molecule has 3 heterocycles. The second-order valence-electron chi connectivity index (χ2n) is 6.72. The molecule has 5 nitrogen and oxygen atoms in total. The third kappa shape index (κ3) is 3.36. The maximum absolute atomic E-state index is 14.0. The molecule has 138 valence electrons. The van der Waals surface area contributed by atoms with Crippen molar-refractivity contribution in [1.82, 2.24) is 14.3 Å². The van der Waals surface area contributed by atoms with Crippen LogP contribution in [0.2, 0.25) is 0 Å². The van der Waals surface area contributed by atoms with Gasteiger partial charge in [-0.3, -0.25) is 9.20 Å². The molecule has 3 aromatic rings. The number of hydrogen-bond donors (Lipinski definition) is 0. The highest BCUT2D eigenvalue weighted by atomic mass is 19.1. The Hall–Kier alpha value is -2.99. The van der Waals surface area contributed by atoms with E-state index < -0.39 is 5.82 Å². The van der Waals surface area contributed by atoms with Crippen LogP contribution in [0.4, 0.5) is 4.39 Å². The van der Waals surface area contributed by atoms with Crippen LogP contribution in [-0.2, 0) is 0 Å². The fraction of sp³-hybridized carbons (Fsp3) is 0.238. The molecule has 27 heavy (non-hydrogen) atoms. The Balaban J connectivity index is 1.76. The number of ether oxygens (including phenoxy) is 1. The predicted octanol–water partition coefficient (Wildman–Crippen LogP) is 3.23. The van der Waals surface area contributed by atoms with E-state index in [1.165, 1.54) is 35.3 Å². The van der Waals surface area contributed by atoms with Crippen molar-refractivity contribution in [3.63, 3.8) is 0 Å². The van der Waals surface area contributed by atoms with Crippen LogP contribution < -0.4 is 10.3 Å². The molecule has 0 spiro atoms. The summed E-state index contributed by atoms with van der Waals surface area (Å²) in [5, 5.41) is 0. The predicted molar refractivity (Wildman–Crippen MR) is 103 cm³/mol. The number of hydrogen-bond acceptors (Lipinski definition) is 4. The highest BCUT2D eigenvalue weighted by molar-refractivity contribution is 5.68. The number of aromatic nitrogens is 2. The normalized spacial score (nSPS) is 15.0. The van der Waals surface area contributed by atoms with Crippen molar-refractivity contribution in [2.75, 3.05) is 27.2 Å². The van der Waals surface area contributed by atoms with E-state index in [-0.39, 0.29) is 11.3 Å². The summed E-state index contributed by atoms with van der Waals surface area (Å²) in [6, 6.07) is 9.80. The second kappa shape index (κ2) is 6.96. The van der Waals surface area contributed by atoms with Crippen molar-refractivity contribution in [1.29, 1.82) is 0 Å². The first-order valence-corrected chi connectivity index (χ1v) is 8.80. The van der Waals surface area contributed by atoms with Gasteiger partial charge in [0.2, 0.25) is 0 Å². The van der Waals surface area contributed by atoms with Gasteiger partial charge in [0, 0.05) is 30.9 Å². The lowest BCUT2D eigenvalue weighted by atomic mass is 10.0. The van der Waals surface area contributed by atoms with E-state index >= 15 is 0 Å². The highest BCUT2D eigenvalue weighted by Gasteiger charge is 2.12. The molecule has 4 rings (SSSR count). The molecule has 0 saturated carbocycles. The fourth-order valence-corrected chi connectivity index (χ4v) is 3.30. The van der Waals surface area contributed by atoms with Crippen LogP contribution in [0.1, 0.15) is 12.0 Å². The standard InChI is InChI=1S/C21H20FN3O2/c1-24-9-7-14(8-10-24)16-4-6-20-23-18(12-21(26)25(20)13-16)15-3-5-19(27-2)17(22)11-15/h3-7,11-13H,8-10H2,1-2H3. The first-order valence-electron chi connectivity index (χ1n) is 8.80. The summed E-state index contributed by atoms with van der Waals surface area (Å²) in [7, 11) is 3.50. The van der Waals surface area contributed by atoms with Gasteiger partial charge in [0.05, 0.1) is 12.8 Å². The van der Waals surface area contributed by atoms with Crippen LogP contribution in [-0.4, -0.2) is 41.5 Å². The summed E-state index contributed by atoms with van der Waals surface area (Å²) in [6.07, 6.45) is 4.98. The van der Waals surface area contributed by atoms with Crippen molar-refractivity contribution in [3.8, 4) is 17.0 Å². The molecule has 0 aliphatic carbocycles. The molecule has 6 heteroatoms. The summed E-state index contributed by atoms with van der Waals surface area (Å²) >= 11 is 0. The number of likely N-dealkylation sites (N-methyl/N-ethyl adjacent to an activating group) is 1. The summed E-state index contributed by atoms with van der Waals surface area (Å²) in [5.74, 6) is -0.325. The minimum absolute atomic E-state index is 0.160. The number of halogens is 1. The average molecular weight is 365 g/mol. The van der Waals surface area contributed by atoms with Crippen molar-refractivity contribution < 1.29 is 9.13 Å². The molecule has 0 amide bonds. The van der Waals surface area contributed by atoms with Gasteiger partial charge in [-0.05, 0) is 54.9 Å². The summed E-state index contributed by atoms with van der Waals surface area (Å²) in [4.78, 5) is 19.4. The molecular weight excluding hydrogens is 345 g/mol. The molecule has 0 saturated heterocycles. The first-order chi connectivity index (χ1) is 13.0. The summed E-state index contributed by atoms with van der Waals surface area (Å²) in [5.41, 5.74) is 3.58. The molecule has 1 aliphatic heterocycles. The molecule has 1 aromatic carbocycles. The summed E-state index contributed by atoms with van der Waals surface area (Å²) < 4.78 is 20.5.